The van der Waals surface area contributed by atoms with Gasteiger partial charge in [-0.05, 0) is 48.6 Å². The van der Waals surface area contributed by atoms with Crippen LogP contribution in [0.4, 0.5) is 0 Å². The van der Waals surface area contributed by atoms with Crippen molar-refractivity contribution in [3.8, 4) is 0 Å². The van der Waals surface area contributed by atoms with Crippen LogP contribution in [0.25, 0.3) is 0 Å². The number of pyridine rings is 1. The molecule has 7 atom stereocenters. The number of aromatic nitrogens is 2. The van der Waals surface area contributed by atoms with Crippen LogP contribution in [0.15, 0.2) is 34.3 Å². The van der Waals surface area contributed by atoms with Gasteiger partial charge in [0, 0.05) is 41.4 Å². The minimum atomic E-state index is -0.822. The molecule has 2 bridgehead atoms. The Labute approximate surface area is 204 Å². The molecule has 4 aliphatic rings. The average Bonchev–Trinajstić information content (AvgIpc) is 3.54. The molecule has 1 saturated heterocycles. The van der Waals surface area contributed by atoms with E-state index in [0.717, 1.165) is 21.9 Å². The van der Waals surface area contributed by atoms with Crippen LogP contribution in [0, 0.1) is 29.6 Å². The van der Waals surface area contributed by atoms with Gasteiger partial charge < -0.3 is 10.1 Å². The average molecular weight is 500 g/mol. The molecule has 10 heteroatoms. The normalized spacial score (nSPS) is 33.2. The van der Waals surface area contributed by atoms with Gasteiger partial charge in [-0.1, -0.05) is 23.8 Å². The van der Waals surface area contributed by atoms with Crippen LogP contribution >= 0.6 is 23.1 Å². The van der Waals surface area contributed by atoms with E-state index in [2.05, 4.69) is 9.97 Å². The molecular weight excluding hydrogens is 474 g/mol. The largest absolute Gasteiger partial charge is 0.481 e. The second-order valence-corrected chi connectivity index (χ2v) is 12.0. The van der Waals surface area contributed by atoms with E-state index >= 15 is 0 Å². The molecule has 0 radical (unpaired) electrons. The van der Waals surface area contributed by atoms with E-state index < -0.39 is 5.97 Å². The zero-order valence-electron chi connectivity index (χ0n) is 18.4. The number of H-pyrrole nitrogens is 1. The van der Waals surface area contributed by atoms with E-state index in [4.69, 9.17) is 5.11 Å². The molecule has 2 aliphatic carbocycles. The monoisotopic (exact) mass is 499 g/mol. The van der Waals surface area contributed by atoms with Crippen molar-refractivity contribution in [2.24, 2.45) is 29.6 Å². The molecule has 6 rings (SSSR count). The highest BCUT2D eigenvalue weighted by atomic mass is 32.2. The van der Waals surface area contributed by atoms with Crippen LogP contribution in [0.1, 0.15) is 48.5 Å². The summed E-state index contributed by atoms with van der Waals surface area (Å²) < 4.78 is 0. The van der Waals surface area contributed by atoms with Gasteiger partial charge in [0.05, 0.1) is 16.9 Å². The SMILES string of the molecule is O=C(O)CCCCCN1C(=O)[C@@H]2[C@@H]3C[C@@H]([C@H]4Sc5[nH]c(=O)sc5[C@H](c5cccnc5)[C@@H]34)[C@@H]2C1=O. The number of nitrogens with zero attached hydrogens (tertiary/aromatic N) is 2. The van der Waals surface area contributed by atoms with E-state index in [1.807, 2.05) is 18.3 Å². The van der Waals surface area contributed by atoms with Crippen LogP contribution in [0.3, 0.4) is 0 Å². The number of hydrogen-bond donors (Lipinski definition) is 2. The number of carbonyl (C=O) groups excluding carboxylic acids is 2. The molecule has 3 fully saturated rings. The van der Waals surface area contributed by atoms with Gasteiger partial charge >= 0.3 is 10.8 Å². The second kappa shape index (κ2) is 8.34. The van der Waals surface area contributed by atoms with Crippen molar-refractivity contribution in [1.29, 1.82) is 0 Å². The van der Waals surface area contributed by atoms with Crippen molar-refractivity contribution in [3.63, 3.8) is 0 Å². The molecule has 2 aromatic rings. The van der Waals surface area contributed by atoms with Gasteiger partial charge in [-0.3, -0.25) is 29.1 Å². The van der Waals surface area contributed by atoms with Gasteiger partial charge in [-0.25, -0.2) is 0 Å². The van der Waals surface area contributed by atoms with E-state index in [1.165, 1.54) is 16.2 Å². The smallest absolute Gasteiger partial charge is 0.305 e. The predicted octanol–water partition coefficient (Wildman–Crippen LogP) is 2.95. The summed E-state index contributed by atoms with van der Waals surface area (Å²) in [6.07, 6.45) is 6.46. The predicted molar refractivity (Wildman–Crippen MR) is 126 cm³/mol. The number of carboxylic acids is 1. The van der Waals surface area contributed by atoms with E-state index in [9.17, 15) is 19.2 Å². The summed E-state index contributed by atoms with van der Waals surface area (Å²) in [7, 11) is 0. The van der Waals surface area contributed by atoms with Crippen molar-refractivity contribution in [3.05, 3.63) is 44.6 Å². The number of thioether (sulfide) groups is 1. The number of imide groups is 1. The zero-order valence-corrected chi connectivity index (χ0v) is 20.0. The van der Waals surface area contributed by atoms with Crippen LogP contribution < -0.4 is 4.87 Å². The first-order valence-corrected chi connectivity index (χ1v) is 13.5. The maximum Gasteiger partial charge on any atom is 0.305 e. The van der Waals surface area contributed by atoms with Gasteiger partial charge in [-0.15, -0.1) is 11.8 Å². The Kier molecular flexibility index (Phi) is 5.40. The third-order valence-electron chi connectivity index (χ3n) is 8.13. The highest BCUT2D eigenvalue weighted by Gasteiger charge is 2.69. The first kappa shape index (κ1) is 22.0. The summed E-state index contributed by atoms with van der Waals surface area (Å²) in [6, 6.07) is 3.96. The van der Waals surface area contributed by atoms with E-state index in [0.29, 0.717) is 25.8 Å². The topological polar surface area (TPSA) is 120 Å². The van der Waals surface area contributed by atoms with Gasteiger partial charge in [0.2, 0.25) is 11.8 Å². The van der Waals surface area contributed by atoms with Crippen molar-refractivity contribution in [2.75, 3.05) is 6.54 Å². The number of thiazole rings is 1. The first-order valence-electron chi connectivity index (χ1n) is 11.8. The lowest BCUT2D eigenvalue weighted by atomic mass is 9.68. The number of carboxylic acid groups (broad SMARTS) is 1. The fourth-order valence-electron chi connectivity index (χ4n) is 6.96. The zero-order chi connectivity index (χ0) is 23.6. The minimum Gasteiger partial charge on any atom is -0.481 e. The molecule has 2 saturated carbocycles. The van der Waals surface area contributed by atoms with Crippen LogP contribution in [-0.2, 0) is 14.4 Å². The van der Waals surface area contributed by atoms with Crippen LogP contribution in [0.5, 0.6) is 0 Å². The Hall–Kier alpha value is -2.46. The number of likely N-dealkylation sites (tertiary alicyclic amines) is 1. The van der Waals surface area contributed by atoms with Gasteiger partial charge in [-0.2, -0.15) is 0 Å². The third-order valence-corrected chi connectivity index (χ3v) is 10.7. The van der Waals surface area contributed by atoms with Crippen molar-refractivity contribution >= 4 is 40.9 Å². The van der Waals surface area contributed by atoms with E-state index in [1.54, 1.807) is 18.0 Å². The number of rotatable bonds is 7. The quantitative estimate of drug-likeness (QED) is 0.444. The van der Waals surface area contributed by atoms with E-state index in [-0.39, 0.29) is 63.9 Å². The molecule has 178 valence electrons. The van der Waals surface area contributed by atoms with Gasteiger partial charge in [0.15, 0.2) is 0 Å². The Morgan fingerprint density at radius 1 is 1.15 bits per heavy atom. The maximum absolute atomic E-state index is 13.5. The summed E-state index contributed by atoms with van der Waals surface area (Å²) in [4.78, 5) is 59.5. The Morgan fingerprint density at radius 2 is 1.94 bits per heavy atom. The standard InChI is InChI=1S/C24H25N3O5S2/c28-14(29)6-2-1-3-8-27-22(30)17-12-9-13(18(17)23(27)31)19-16(12)15(11-5-4-7-25-10-11)20-21(33-19)26-24(32)34-20/h4-5,7,10,12-13,15-19H,1-3,6,8-9H2,(H,26,32)(H,28,29)/t12-,13-,15-,16-,17-,18+,19-/m1/s1. The lowest BCUT2D eigenvalue weighted by Gasteiger charge is -2.42. The fourth-order valence-corrected chi connectivity index (χ4v) is 9.84. The van der Waals surface area contributed by atoms with Gasteiger partial charge in [0.1, 0.15) is 0 Å². The first-order chi connectivity index (χ1) is 16.5. The molecule has 0 aromatic carbocycles. The number of amides is 2. The van der Waals surface area contributed by atoms with Crippen molar-refractivity contribution in [1.82, 2.24) is 14.9 Å². The summed E-state index contributed by atoms with van der Waals surface area (Å²) in [6.45, 7) is 0.374. The lowest BCUT2D eigenvalue weighted by Crippen LogP contribution is -2.42. The van der Waals surface area contributed by atoms with Crippen LogP contribution in [-0.4, -0.2) is 49.6 Å². The summed E-state index contributed by atoms with van der Waals surface area (Å²) in [5.41, 5.74) is 1.06. The molecule has 0 spiro atoms. The van der Waals surface area contributed by atoms with Crippen LogP contribution in [0.2, 0.25) is 0 Å². The summed E-state index contributed by atoms with van der Waals surface area (Å²) >= 11 is 2.94. The molecule has 4 heterocycles. The van der Waals surface area contributed by atoms with Gasteiger partial charge in [0.25, 0.3) is 0 Å². The summed E-state index contributed by atoms with van der Waals surface area (Å²) in [5, 5.41) is 9.90. The number of aromatic amines is 1. The molecule has 2 aromatic heterocycles. The number of nitrogens with one attached hydrogen (secondary N) is 1. The Balaban J connectivity index is 1.28. The Bertz CT molecular complexity index is 1210. The number of unbranched alkanes of at least 4 members (excludes halogenated alkanes) is 2. The minimum absolute atomic E-state index is 0.00261. The molecule has 0 unspecified atom stereocenters. The molecule has 2 N–H and O–H groups in total. The third kappa shape index (κ3) is 3.29. The maximum atomic E-state index is 13.5. The van der Waals surface area contributed by atoms with Crippen molar-refractivity contribution in [2.45, 2.75) is 48.3 Å². The van der Waals surface area contributed by atoms with Crippen molar-refractivity contribution < 1.29 is 19.5 Å². The fraction of sp³-hybridized carbons (Fsp3) is 0.542. The molecule has 2 amide bonds. The molecular formula is C24H25N3O5S2. The molecule has 34 heavy (non-hydrogen) atoms. The highest BCUT2D eigenvalue weighted by molar-refractivity contribution is 8.00. The molecule has 2 aliphatic heterocycles. The molecule has 8 nitrogen and oxygen atoms in total. The number of carbonyl (C=O) groups is 3. The summed E-state index contributed by atoms with van der Waals surface area (Å²) in [5.74, 6) is -1.07. The second-order valence-electron chi connectivity index (χ2n) is 9.78. The lowest BCUT2D eigenvalue weighted by molar-refractivity contribution is -0.141. The Morgan fingerprint density at radius 3 is 2.68 bits per heavy atom. The highest BCUT2D eigenvalue weighted by Crippen LogP contribution is 2.68. The number of fused-ring (bicyclic) bond motifs is 9. The number of hydrogen-bond acceptors (Lipinski definition) is 7. The number of aliphatic carboxylic acids is 1.